The Bertz CT molecular complexity index is 404. The first-order valence-electron chi connectivity index (χ1n) is 5.66. The van der Waals surface area contributed by atoms with Crippen LogP contribution < -0.4 is 39.4 Å². The summed E-state index contributed by atoms with van der Waals surface area (Å²) >= 11 is 0. The van der Waals surface area contributed by atoms with Crippen molar-refractivity contribution in [3.63, 3.8) is 0 Å². The number of carboxylic acid groups (broad SMARTS) is 1. The van der Waals surface area contributed by atoms with Crippen LogP contribution in [0.4, 0.5) is 0 Å². The van der Waals surface area contributed by atoms with Gasteiger partial charge in [0.2, 0.25) is 0 Å². The van der Waals surface area contributed by atoms with E-state index in [2.05, 4.69) is 6.92 Å². The number of hydrogen-bond acceptors (Lipinski definition) is 3. The predicted octanol–water partition coefficient (Wildman–Crippen LogP) is -2.06. The molecular formula is C13H15NaO3. The molecule has 17 heavy (non-hydrogen) atoms. The third kappa shape index (κ3) is 3.47. The van der Waals surface area contributed by atoms with Crippen LogP contribution in [0.1, 0.15) is 24.5 Å². The van der Waals surface area contributed by atoms with Gasteiger partial charge in [-0.25, -0.2) is 0 Å². The van der Waals surface area contributed by atoms with Gasteiger partial charge in [-0.05, 0) is 42.5 Å². The van der Waals surface area contributed by atoms with Crippen LogP contribution in [0.25, 0.3) is 0 Å². The minimum atomic E-state index is -0.952. The number of carbonyl (C=O) groups is 1. The number of carbonyl (C=O) groups excluding carboxylic acids is 1. The molecule has 1 aromatic carbocycles. The molecule has 1 aromatic rings. The van der Waals surface area contributed by atoms with E-state index in [1.54, 1.807) is 0 Å². The Hall–Kier alpha value is -0.510. The molecule has 3 nitrogen and oxygen atoms in total. The van der Waals surface area contributed by atoms with E-state index in [1.807, 2.05) is 18.2 Å². The van der Waals surface area contributed by atoms with Crippen LogP contribution in [0.5, 0.6) is 5.75 Å². The number of carboxylic acids is 1. The quantitative estimate of drug-likeness (QED) is 0.571. The van der Waals surface area contributed by atoms with E-state index in [0.717, 1.165) is 23.3 Å². The minimum Gasteiger partial charge on any atom is -0.550 e. The molecule has 1 aliphatic carbocycles. The van der Waals surface area contributed by atoms with E-state index < -0.39 is 5.97 Å². The molecule has 0 saturated carbocycles. The summed E-state index contributed by atoms with van der Waals surface area (Å²) in [6.45, 7) is 2.75. The maximum Gasteiger partial charge on any atom is 1.00 e. The molecule has 0 amide bonds. The van der Waals surface area contributed by atoms with E-state index in [9.17, 15) is 9.90 Å². The second kappa shape index (κ2) is 6.43. The van der Waals surface area contributed by atoms with Gasteiger partial charge in [-0.15, -0.1) is 0 Å². The molecule has 0 bridgehead atoms. The average Bonchev–Trinajstić information content (AvgIpc) is 2.69. The Morgan fingerprint density at radius 1 is 1.41 bits per heavy atom. The van der Waals surface area contributed by atoms with E-state index in [0.29, 0.717) is 19.4 Å². The minimum absolute atomic E-state index is 0. The average molecular weight is 242 g/mol. The third-order valence-corrected chi connectivity index (χ3v) is 2.92. The molecule has 1 aliphatic rings. The summed E-state index contributed by atoms with van der Waals surface area (Å²) in [6, 6.07) is 5.82. The van der Waals surface area contributed by atoms with Gasteiger partial charge in [-0.1, -0.05) is 13.0 Å². The second-order valence-corrected chi connectivity index (χ2v) is 4.20. The predicted molar refractivity (Wildman–Crippen MR) is 58.1 cm³/mol. The maximum absolute atomic E-state index is 10.8. The van der Waals surface area contributed by atoms with Gasteiger partial charge in [0, 0.05) is 11.9 Å². The smallest absolute Gasteiger partial charge is 0.550 e. The number of benzene rings is 1. The van der Waals surface area contributed by atoms with Crippen molar-refractivity contribution in [1.29, 1.82) is 0 Å². The number of rotatable bonds is 4. The SMILES string of the molecule is CCCOc1ccc2c(c1)CC(C(=O)[O-])C2.[Na+]. The first-order chi connectivity index (χ1) is 7.70. The molecule has 0 heterocycles. The van der Waals surface area contributed by atoms with Crippen LogP contribution in [-0.2, 0) is 17.6 Å². The number of fused-ring (bicyclic) bond motifs is 1. The van der Waals surface area contributed by atoms with Crippen LogP contribution >= 0.6 is 0 Å². The van der Waals surface area contributed by atoms with Gasteiger partial charge >= 0.3 is 29.6 Å². The number of aliphatic carboxylic acids is 1. The van der Waals surface area contributed by atoms with Crippen molar-refractivity contribution >= 4 is 5.97 Å². The summed E-state index contributed by atoms with van der Waals surface area (Å²) in [6.07, 6.45) is 2.13. The van der Waals surface area contributed by atoms with Gasteiger partial charge in [0.15, 0.2) is 0 Å². The zero-order chi connectivity index (χ0) is 11.5. The van der Waals surface area contributed by atoms with Gasteiger partial charge in [0.1, 0.15) is 5.75 Å². The maximum atomic E-state index is 10.8. The van der Waals surface area contributed by atoms with Gasteiger partial charge in [0.25, 0.3) is 0 Å². The van der Waals surface area contributed by atoms with Crippen molar-refractivity contribution in [2.75, 3.05) is 6.61 Å². The topological polar surface area (TPSA) is 49.4 Å². The Morgan fingerprint density at radius 2 is 2.12 bits per heavy atom. The Kier molecular flexibility index (Phi) is 5.50. The van der Waals surface area contributed by atoms with E-state index >= 15 is 0 Å². The van der Waals surface area contributed by atoms with Crippen molar-refractivity contribution in [3.05, 3.63) is 29.3 Å². The monoisotopic (exact) mass is 242 g/mol. The number of hydrogen-bond donors (Lipinski definition) is 0. The fourth-order valence-electron chi connectivity index (χ4n) is 2.07. The molecule has 0 aliphatic heterocycles. The summed E-state index contributed by atoms with van der Waals surface area (Å²) in [4.78, 5) is 10.8. The molecule has 0 N–H and O–H groups in total. The summed E-state index contributed by atoms with van der Waals surface area (Å²) < 4.78 is 5.51. The zero-order valence-electron chi connectivity index (χ0n) is 10.4. The summed E-state index contributed by atoms with van der Waals surface area (Å²) in [5, 5.41) is 10.8. The molecule has 4 heteroatoms. The van der Waals surface area contributed by atoms with Crippen LogP contribution in [-0.4, -0.2) is 12.6 Å². The molecule has 1 unspecified atom stereocenters. The molecule has 1 atom stereocenters. The molecule has 0 aromatic heterocycles. The fraction of sp³-hybridized carbons (Fsp3) is 0.462. The van der Waals surface area contributed by atoms with Gasteiger partial charge < -0.3 is 14.6 Å². The Balaban J connectivity index is 0.00000144. The normalized spacial score (nSPS) is 17.1. The van der Waals surface area contributed by atoms with E-state index in [4.69, 9.17) is 4.74 Å². The van der Waals surface area contributed by atoms with Crippen molar-refractivity contribution in [3.8, 4) is 5.75 Å². The first kappa shape index (κ1) is 14.6. The van der Waals surface area contributed by atoms with Crippen molar-refractivity contribution in [2.24, 2.45) is 5.92 Å². The largest absolute Gasteiger partial charge is 1.00 e. The van der Waals surface area contributed by atoms with Crippen LogP contribution in [0, 0.1) is 5.92 Å². The summed E-state index contributed by atoms with van der Waals surface area (Å²) in [5.41, 5.74) is 2.20. The van der Waals surface area contributed by atoms with Gasteiger partial charge in [-0.2, -0.15) is 0 Å². The van der Waals surface area contributed by atoms with Gasteiger partial charge in [0.05, 0.1) is 6.61 Å². The molecule has 0 spiro atoms. The standard InChI is InChI=1S/C13H16O3.Na/c1-2-5-16-12-4-3-9-6-11(13(14)15)7-10(9)8-12;/h3-4,8,11H,2,5-7H2,1H3,(H,14,15);/q;+1/p-1. The van der Waals surface area contributed by atoms with Gasteiger partial charge in [-0.3, -0.25) is 0 Å². The molecule has 86 valence electrons. The van der Waals surface area contributed by atoms with Crippen molar-refractivity contribution in [2.45, 2.75) is 26.2 Å². The fourth-order valence-corrected chi connectivity index (χ4v) is 2.07. The van der Waals surface area contributed by atoms with Crippen molar-refractivity contribution in [1.82, 2.24) is 0 Å². The van der Waals surface area contributed by atoms with Crippen molar-refractivity contribution < 1.29 is 44.2 Å². The van der Waals surface area contributed by atoms with Crippen LogP contribution in [0.2, 0.25) is 0 Å². The van der Waals surface area contributed by atoms with Crippen LogP contribution in [0.3, 0.4) is 0 Å². The zero-order valence-corrected chi connectivity index (χ0v) is 12.4. The molecule has 0 radical (unpaired) electrons. The summed E-state index contributed by atoms with van der Waals surface area (Å²) in [7, 11) is 0. The first-order valence-corrected chi connectivity index (χ1v) is 5.66. The van der Waals surface area contributed by atoms with E-state index in [1.165, 1.54) is 0 Å². The van der Waals surface area contributed by atoms with Crippen LogP contribution in [0.15, 0.2) is 18.2 Å². The second-order valence-electron chi connectivity index (χ2n) is 4.20. The molecule has 0 fully saturated rings. The molecular weight excluding hydrogens is 227 g/mol. The third-order valence-electron chi connectivity index (χ3n) is 2.92. The summed E-state index contributed by atoms with van der Waals surface area (Å²) in [5.74, 6) is -0.483. The number of ether oxygens (including phenoxy) is 1. The molecule has 2 rings (SSSR count). The molecule has 0 saturated heterocycles. The Morgan fingerprint density at radius 3 is 2.76 bits per heavy atom. The van der Waals surface area contributed by atoms with E-state index in [-0.39, 0.29) is 35.5 Å². The Labute approximate surface area is 123 Å².